The van der Waals surface area contributed by atoms with E-state index >= 15 is 0 Å². The largest absolute Gasteiger partial charge is 0.486 e. The number of amides is 2. The Morgan fingerprint density at radius 2 is 1.97 bits per heavy atom. The summed E-state index contributed by atoms with van der Waals surface area (Å²) in [6, 6.07) is 8.29. The van der Waals surface area contributed by atoms with E-state index in [1.54, 1.807) is 18.2 Å². The van der Waals surface area contributed by atoms with Crippen LogP contribution in [0.4, 0.5) is 24.5 Å². The van der Waals surface area contributed by atoms with Gasteiger partial charge in [-0.3, -0.25) is 9.59 Å². The van der Waals surface area contributed by atoms with Gasteiger partial charge in [0.15, 0.2) is 12.4 Å². The molecule has 2 aromatic carbocycles. The molecular weight excluding hydrogens is 437 g/mol. The Kier molecular flexibility index (Phi) is 5.82. The fourth-order valence-corrected chi connectivity index (χ4v) is 4.07. The Bertz CT molecular complexity index is 1140. The van der Waals surface area contributed by atoms with Crippen molar-refractivity contribution in [1.82, 2.24) is 0 Å². The van der Waals surface area contributed by atoms with Crippen LogP contribution in [0.3, 0.4) is 0 Å². The molecule has 2 aliphatic rings. The van der Waals surface area contributed by atoms with Gasteiger partial charge in [-0.05, 0) is 42.7 Å². The molecule has 0 spiro atoms. The second-order valence-electron chi connectivity index (χ2n) is 8.06. The smallest absolute Gasteiger partial charge is 0.416 e. The number of rotatable bonds is 4. The molecule has 0 aliphatic carbocycles. The molecule has 2 heterocycles. The van der Waals surface area contributed by atoms with Crippen LogP contribution in [0.5, 0.6) is 11.5 Å². The van der Waals surface area contributed by atoms with E-state index < -0.39 is 23.2 Å². The fourth-order valence-electron chi connectivity index (χ4n) is 4.07. The summed E-state index contributed by atoms with van der Waals surface area (Å²) >= 11 is 0. The summed E-state index contributed by atoms with van der Waals surface area (Å²) in [6.07, 6.45) is -1.60. The summed E-state index contributed by atoms with van der Waals surface area (Å²) < 4.78 is 51.2. The molecule has 9 heteroatoms. The number of hydrogen-bond acceptors (Lipinski definition) is 4. The summed E-state index contributed by atoms with van der Waals surface area (Å²) in [6.45, 7) is 3.64. The minimum absolute atomic E-state index is 0.113. The lowest BCUT2D eigenvalue weighted by Gasteiger charge is -2.39. The Labute approximate surface area is 188 Å². The first kappa shape index (κ1) is 22.7. The number of alkyl halides is 3. The van der Waals surface area contributed by atoms with Crippen molar-refractivity contribution in [3.8, 4) is 11.5 Å². The second kappa shape index (κ2) is 8.46. The van der Waals surface area contributed by atoms with Gasteiger partial charge in [0.2, 0.25) is 5.91 Å². The van der Waals surface area contributed by atoms with Gasteiger partial charge in [-0.15, -0.1) is 0 Å². The predicted octanol–water partition coefficient (Wildman–Crippen LogP) is 5.40. The molecule has 2 aromatic rings. The molecule has 0 bridgehead atoms. The molecule has 33 heavy (non-hydrogen) atoms. The van der Waals surface area contributed by atoms with Crippen LogP contribution in [0.2, 0.25) is 0 Å². The summed E-state index contributed by atoms with van der Waals surface area (Å²) in [7, 11) is 0. The van der Waals surface area contributed by atoms with Gasteiger partial charge in [-0.1, -0.05) is 26.0 Å². The molecule has 0 saturated heterocycles. The third-order valence-electron chi connectivity index (χ3n) is 5.98. The maximum Gasteiger partial charge on any atom is 0.416 e. The van der Waals surface area contributed by atoms with Gasteiger partial charge in [-0.2, -0.15) is 13.2 Å². The van der Waals surface area contributed by atoms with Gasteiger partial charge in [0, 0.05) is 18.1 Å². The Morgan fingerprint density at radius 3 is 2.67 bits per heavy atom. The van der Waals surface area contributed by atoms with E-state index in [1.807, 2.05) is 13.8 Å². The van der Waals surface area contributed by atoms with Gasteiger partial charge in [-0.25, -0.2) is 0 Å². The highest BCUT2D eigenvalue weighted by Gasteiger charge is 2.38. The van der Waals surface area contributed by atoms with Crippen LogP contribution in [0, 0.1) is 0 Å². The SMILES string of the molecule is CCC1(CC)CC(=CC(=O)Nc2cccc3c2OCC(=O)N3)c2ccc(C(F)(F)F)cc2O1. The van der Waals surface area contributed by atoms with Crippen molar-refractivity contribution in [3.05, 3.63) is 53.6 Å². The zero-order valence-corrected chi connectivity index (χ0v) is 18.1. The van der Waals surface area contributed by atoms with Crippen LogP contribution in [0.15, 0.2) is 42.5 Å². The number of carbonyl (C=O) groups excluding carboxylic acids is 2. The molecule has 2 amide bonds. The topological polar surface area (TPSA) is 76.7 Å². The summed E-state index contributed by atoms with van der Waals surface area (Å²) in [5.74, 6) is -0.294. The highest BCUT2D eigenvalue weighted by atomic mass is 19.4. The van der Waals surface area contributed by atoms with Gasteiger partial charge in [0.05, 0.1) is 16.9 Å². The summed E-state index contributed by atoms with van der Waals surface area (Å²) in [4.78, 5) is 24.4. The standard InChI is InChI=1S/C24H23F3N2O4/c1-3-23(4-2)12-14(16-9-8-15(24(25,26)27)11-19(16)33-23)10-20(30)28-17-6-5-7-18-22(17)32-13-21(31)29-18/h5-11H,3-4,12-13H2,1-2H3,(H,28,30)(H,29,31). The number of benzene rings is 2. The van der Waals surface area contributed by atoms with Crippen LogP contribution in [0.25, 0.3) is 5.57 Å². The molecule has 6 nitrogen and oxygen atoms in total. The molecule has 0 radical (unpaired) electrons. The van der Waals surface area contributed by atoms with Crippen LogP contribution in [-0.4, -0.2) is 24.0 Å². The maximum absolute atomic E-state index is 13.3. The van der Waals surface area contributed by atoms with E-state index in [-0.39, 0.29) is 18.3 Å². The first-order chi connectivity index (χ1) is 15.6. The van der Waals surface area contributed by atoms with Crippen molar-refractivity contribution in [2.75, 3.05) is 17.2 Å². The average molecular weight is 460 g/mol. The Hall–Kier alpha value is -3.49. The van der Waals surface area contributed by atoms with E-state index in [0.29, 0.717) is 47.5 Å². The first-order valence-corrected chi connectivity index (χ1v) is 10.6. The molecular formula is C24H23F3N2O4. The predicted molar refractivity (Wildman–Crippen MR) is 117 cm³/mol. The molecule has 2 N–H and O–H groups in total. The van der Waals surface area contributed by atoms with Gasteiger partial charge in [0.1, 0.15) is 11.4 Å². The molecule has 4 rings (SSSR count). The minimum atomic E-state index is -4.50. The zero-order valence-electron chi connectivity index (χ0n) is 18.1. The van der Waals surface area contributed by atoms with Crippen molar-refractivity contribution in [2.45, 2.75) is 44.9 Å². The Balaban J connectivity index is 1.68. The fraction of sp³-hybridized carbons (Fsp3) is 0.333. The normalized spacial score (nSPS) is 17.8. The van der Waals surface area contributed by atoms with Crippen LogP contribution < -0.4 is 20.1 Å². The van der Waals surface area contributed by atoms with E-state index in [0.717, 1.165) is 12.1 Å². The number of ether oxygens (including phenoxy) is 2. The van der Waals surface area contributed by atoms with Crippen molar-refractivity contribution in [3.63, 3.8) is 0 Å². The quantitative estimate of drug-likeness (QED) is 0.599. The number of nitrogens with one attached hydrogen (secondary N) is 2. The summed E-state index contributed by atoms with van der Waals surface area (Å²) in [5.41, 5.74) is 0.362. The molecule has 0 unspecified atom stereocenters. The summed E-state index contributed by atoms with van der Waals surface area (Å²) in [5, 5.41) is 5.42. The molecule has 2 aliphatic heterocycles. The van der Waals surface area contributed by atoms with Crippen molar-refractivity contribution >= 4 is 28.8 Å². The monoisotopic (exact) mass is 460 g/mol. The highest BCUT2D eigenvalue weighted by molar-refractivity contribution is 6.07. The number of halogens is 3. The number of fused-ring (bicyclic) bond motifs is 2. The van der Waals surface area contributed by atoms with E-state index in [1.165, 1.54) is 12.1 Å². The highest BCUT2D eigenvalue weighted by Crippen LogP contribution is 2.45. The second-order valence-corrected chi connectivity index (χ2v) is 8.06. The van der Waals surface area contributed by atoms with Crippen molar-refractivity contribution in [1.29, 1.82) is 0 Å². The molecule has 0 fully saturated rings. The molecule has 0 aromatic heterocycles. The minimum Gasteiger partial charge on any atom is -0.486 e. The third kappa shape index (κ3) is 4.53. The lowest BCUT2D eigenvalue weighted by atomic mass is 9.83. The molecule has 0 saturated carbocycles. The van der Waals surface area contributed by atoms with E-state index in [4.69, 9.17) is 9.47 Å². The maximum atomic E-state index is 13.3. The van der Waals surface area contributed by atoms with Crippen LogP contribution in [-0.2, 0) is 15.8 Å². The number of carbonyl (C=O) groups is 2. The van der Waals surface area contributed by atoms with Crippen LogP contribution >= 0.6 is 0 Å². The van der Waals surface area contributed by atoms with Crippen molar-refractivity contribution < 1.29 is 32.2 Å². The van der Waals surface area contributed by atoms with Gasteiger partial charge < -0.3 is 20.1 Å². The number of hydrogen-bond donors (Lipinski definition) is 2. The van der Waals surface area contributed by atoms with Crippen molar-refractivity contribution in [2.24, 2.45) is 0 Å². The van der Waals surface area contributed by atoms with Gasteiger partial charge in [0.25, 0.3) is 5.91 Å². The Morgan fingerprint density at radius 1 is 1.21 bits per heavy atom. The zero-order chi connectivity index (χ0) is 23.8. The first-order valence-electron chi connectivity index (χ1n) is 10.6. The third-order valence-corrected chi connectivity index (χ3v) is 5.98. The molecule has 174 valence electrons. The van der Waals surface area contributed by atoms with Crippen LogP contribution in [0.1, 0.15) is 44.2 Å². The van der Waals surface area contributed by atoms with E-state index in [2.05, 4.69) is 10.6 Å². The lowest BCUT2D eigenvalue weighted by molar-refractivity contribution is -0.137. The molecule has 0 atom stereocenters. The number of para-hydroxylation sites is 1. The number of anilines is 2. The lowest BCUT2D eigenvalue weighted by Crippen LogP contribution is -2.38. The van der Waals surface area contributed by atoms with Gasteiger partial charge >= 0.3 is 6.18 Å². The van der Waals surface area contributed by atoms with E-state index in [9.17, 15) is 22.8 Å². The average Bonchev–Trinajstić information content (AvgIpc) is 2.77.